The highest BCUT2D eigenvalue weighted by atomic mass is 16.7. The van der Waals surface area contributed by atoms with Gasteiger partial charge in [0.25, 0.3) is 0 Å². The Kier molecular flexibility index (Phi) is 5.28. The van der Waals surface area contributed by atoms with Crippen LogP contribution in [0.3, 0.4) is 0 Å². The van der Waals surface area contributed by atoms with E-state index < -0.39 is 5.97 Å². The molecule has 1 aliphatic heterocycles. The molecule has 32 heavy (non-hydrogen) atoms. The van der Waals surface area contributed by atoms with Crippen molar-refractivity contribution in [2.24, 2.45) is 0 Å². The van der Waals surface area contributed by atoms with Gasteiger partial charge in [-0.05, 0) is 36.8 Å². The summed E-state index contributed by atoms with van der Waals surface area (Å²) in [5.41, 5.74) is 3.53. The van der Waals surface area contributed by atoms with Crippen molar-refractivity contribution in [2.45, 2.75) is 20.1 Å². The van der Waals surface area contributed by atoms with E-state index in [-0.39, 0.29) is 25.7 Å². The lowest BCUT2D eigenvalue weighted by atomic mass is 10.0. The normalized spacial score (nSPS) is 12.4. The van der Waals surface area contributed by atoms with Crippen LogP contribution in [-0.2, 0) is 22.7 Å². The molecule has 0 bridgehead atoms. The Morgan fingerprint density at radius 3 is 2.81 bits per heavy atom. The Hall–Kier alpha value is -3.78. The van der Waals surface area contributed by atoms with Crippen molar-refractivity contribution in [3.63, 3.8) is 0 Å². The minimum absolute atomic E-state index is 0.210. The molecule has 4 aromatic rings. The number of hydrogen-bond acceptors (Lipinski definition) is 7. The third kappa shape index (κ3) is 3.48. The first kappa shape index (κ1) is 20.1. The molecule has 2 aromatic heterocycles. The third-order valence-electron chi connectivity index (χ3n) is 5.31. The number of aromatic nitrogens is 2. The molecule has 0 radical (unpaired) electrons. The molecule has 0 spiro atoms. The zero-order valence-electron chi connectivity index (χ0n) is 17.8. The van der Waals surface area contributed by atoms with Crippen LogP contribution in [-0.4, -0.2) is 36.4 Å². The topological polar surface area (TPSA) is 91.9 Å². The quantitative estimate of drug-likeness (QED) is 0.433. The van der Waals surface area contributed by atoms with Gasteiger partial charge in [-0.25, -0.2) is 9.78 Å². The molecule has 0 atom stereocenters. The van der Waals surface area contributed by atoms with E-state index in [1.807, 2.05) is 36.4 Å². The maximum Gasteiger partial charge on any atom is 0.357 e. The molecule has 0 saturated carbocycles. The number of pyridine rings is 1. The molecule has 3 heterocycles. The first-order chi connectivity index (χ1) is 15.7. The highest BCUT2D eigenvalue weighted by Gasteiger charge is 2.22. The van der Waals surface area contributed by atoms with Crippen LogP contribution in [0.4, 0.5) is 0 Å². The maximum absolute atomic E-state index is 12.5. The van der Waals surface area contributed by atoms with Crippen molar-refractivity contribution in [3.8, 4) is 17.2 Å². The molecule has 2 aromatic carbocycles. The molecular formula is C24H22N2O6. The fourth-order valence-electron chi connectivity index (χ4n) is 3.94. The van der Waals surface area contributed by atoms with Crippen LogP contribution in [0.25, 0.3) is 21.8 Å². The monoisotopic (exact) mass is 434 g/mol. The molecule has 0 aliphatic carbocycles. The SMILES string of the molecule is CCOC(=O)c1ncc2[nH]c3cccc(OCc4ccc5c(c4)OCO5)c3c2c1COC. The van der Waals surface area contributed by atoms with Crippen LogP contribution >= 0.6 is 0 Å². The van der Waals surface area contributed by atoms with Gasteiger partial charge in [0.05, 0.1) is 30.4 Å². The van der Waals surface area contributed by atoms with Gasteiger partial charge in [0.2, 0.25) is 6.79 Å². The molecule has 0 unspecified atom stereocenters. The van der Waals surface area contributed by atoms with Crippen LogP contribution in [0, 0.1) is 0 Å². The van der Waals surface area contributed by atoms with Crippen LogP contribution in [0.2, 0.25) is 0 Å². The van der Waals surface area contributed by atoms with Crippen molar-refractivity contribution in [2.75, 3.05) is 20.5 Å². The number of H-pyrrole nitrogens is 1. The summed E-state index contributed by atoms with van der Waals surface area (Å²) in [5.74, 6) is 1.65. The Morgan fingerprint density at radius 2 is 1.97 bits per heavy atom. The molecule has 0 amide bonds. The van der Waals surface area contributed by atoms with Gasteiger partial charge < -0.3 is 28.7 Å². The molecular weight excluding hydrogens is 412 g/mol. The number of hydrogen-bond donors (Lipinski definition) is 1. The second-order valence-corrected chi connectivity index (χ2v) is 7.31. The highest BCUT2D eigenvalue weighted by molar-refractivity contribution is 6.13. The number of aromatic amines is 1. The number of carbonyl (C=O) groups is 1. The molecule has 0 fully saturated rings. The molecule has 1 aliphatic rings. The molecule has 164 valence electrons. The lowest BCUT2D eigenvalue weighted by molar-refractivity contribution is 0.0514. The van der Waals surface area contributed by atoms with Crippen LogP contribution < -0.4 is 14.2 Å². The predicted octanol–water partition coefficient (Wildman–Crippen LogP) is 4.35. The Labute approximate surface area is 184 Å². The predicted molar refractivity (Wildman–Crippen MR) is 117 cm³/mol. The van der Waals surface area contributed by atoms with Gasteiger partial charge >= 0.3 is 5.97 Å². The van der Waals surface area contributed by atoms with Gasteiger partial charge in [-0.15, -0.1) is 0 Å². The lowest BCUT2D eigenvalue weighted by Crippen LogP contribution is -2.11. The molecule has 8 heteroatoms. The standard InChI is InChI=1S/C24H22N2O6/c1-3-29-24(27)23-15(12-28-2)21-17(10-25-23)26-16-5-4-6-19(22(16)21)30-11-14-7-8-18-20(9-14)32-13-31-18/h4-10,26H,3,11-13H2,1-2H3. The summed E-state index contributed by atoms with van der Waals surface area (Å²) in [5, 5.41) is 1.70. The third-order valence-corrected chi connectivity index (χ3v) is 5.31. The minimum Gasteiger partial charge on any atom is -0.488 e. The Bertz CT molecular complexity index is 1310. The minimum atomic E-state index is -0.477. The van der Waals surface area contributed by atoms with Crippen LogP contribution in [0.1, 0.15) is 28.5 Å². The Morgan fingerprint density at radius 1 is 1.09 bits per heavy atom. The van der Waals surface area contributed by atoms with Crippen molar-refractivity contribution >= 4 is 27.8 Å². The summed E-state index contributed by atoms with van der Waals surface area (Å²) in [6, 6.07) is 11.5. The van der Waals surface area contributed by atoms with E-state index in [9.17, 15) is 4.79 Å². The van der Waals surface area contributed by atoms with Crippen molar-refractivity contribution in [1.82, 2.24) is 9.97 Å². The summed E-state index contributed by atoms with van der Waals surface area (Å²) in [6.07, 6.45) is 1.64. The van der Waals surface area contributed by atoms with E-state index in [0.29, 0.717) is 23.7 Å². The van der Waals surface area contributed by atoms with Crippen LogP contribution in [0.5, 0.6) is 17.2 Å². The summed E-state index contributed by atoms with van der Waals surface area (Å²) in [4.78, 5) is 20.2. The van der Waals surface area contributed by atoms with Crippen molar-refractivity contribution < 1.29 is 28.5 Å². The van der Waals surface area contributed by atoms with Gasteiger partial charge in [0, 0.05) is 23.4 Å². The number of rotatable bonds is 7. The average Bonchev–Trinajstić information content (AvgIpc) is 3.42. The lowest BCUT2D eigenvalue weighted by Gasteiger charge is -2.12. The maximum atomic E-state index is 12.5. The number of ether oxygens (including phenoxy) is 5. The largest absolute Gasteiger partial charge is 0.488 e. The van der Waals surface area contributed by atoms with E-state index >= 15 is 0 Å². The van der Waals surface area contributed by atoms with Crippen molar-refractivity contribution in [3.05, 3.63) is 59.4 Å². The number of carbonyl (C=O) groups excluding carboxylic acids is 1. The number of esters is 1. The van der Waals surface area contributed by atoms with Crippen molar-refractivity contribution in [1.29, 1.82) is 0 Å². The summed E-state index contributed by atoms with van der Waals surface area (Å²) >= 11 is 0. The van der Waals surface area contributed by atoms with Gasteiger partial charge in [-0.3, -0.25) is 0 Å². The number of nitrogens with one attached hydrogen (secondary N) is 1. The van der Waals surface area contributed by atoms with Gasteiger partial charge in [-0.2, -0.15) is 0 Å². The Balaban J connectivity index is 1.58. The second-order valence-electron chi connectivity index (χ2n) is 7.31. The molecule has 5 rings (SSSR count). The first-order valence-corrected chi connectivity index (χ1v) is 10.3. The number of benzene rings is 2. The molecule has 8 nitrogen and oxygen atoms in total. The van der Waals surface area contributed by atoms with E-state index in [1.54, 1.807) is 20.2 Å². The summed E-state index contributed by atoms with van der Waals surface area (Å²) in [6.45, 7) is 2.82. The van der Waals surface area contributed by atoms with E-state index in [2.05, 4.69) is 9.97 Å². The second kappa shape index (κ2) is 8.39. The number of fused-ring (bicyclic) bond motifs is 4. The summed E-state index contributed by atoms with van der Waals surface area (Å²) in [7, 11) is 1.58. The fraction of sp³-hybridized carbons (Fsp3) is 0.250. The molecule has 0 saturated heterocycles. The highest BCUT2D eigenvalue weighted by Crippen LogP contribution is 2.37. The zero-order chi connectivity index (χ0) is 22.1. The first-order valence-electron chi connectivity index (χ1n) is 10.3. The average molecular weight is 434 g/mol. The van der Waals surface area contributed by atoms with Gasteiger partial charge in [-0.1, -0.05) is 12.1 Å². The van der Waals surface area contributed by atoms with Gasteiger partial charge in [0.1, 0.15) is 12.4 Å². The number of nitrogens with zero attached hydrogens (tertiary/aromatic N) is 1. The van der Waals surface area contributed by atoms with E-state index in [0.717, 1.165) is 33.1 Å². The fourth-order valence-corrected chi connectivity index (χ4v) is 3.94. The summed E-state index contributed by atoms with van der Waals surface area (Å²) < 4.78 is 27.7. The van der Waals surface area contributed by atoms with Gasteiger partial charge in [0.15, 0.2) is 17.2 Å². The van der Waals surface area contributed by atoms with E-state index in [1.165, 1.54) is 0 Å². The van der Waals surface area contributed by atoms with E-state index in [4.69, 9.17) is 23.7 Å². The number of methoxy groups -OCH3 is 1. The van der Waals surface area contributed by atoms with Crippen LogP contribution in [0.15, 0.2) is 42.6 Å². The smallest absolute Gasteiger partial charge is 0.357 e. The molecule has 1 N–H and O–H groups in total. The zero-order valence-corrected chi connectivity index (χ0v) is 17.8.